The van der Waals surface area contributed by atoms with Crippen molar-refractivity contribution in [1.29, 1.82) is 5.26 Å². The van der Waals surface area contributed by atoms with Crippen LogP contribution >= 0.6 is 23.4 Å². The van der Waals surface area contributed by atoms with Gasteiger partial charge in [0.15, 0.2) is 0 Å². The Kier molecular flexibility index (Phi) is 7.32. The summed E-state index contributed by atoms with van der Waals surface area (Å²) in [7, 11) is 0. The molecule has 0 spiro atoms. The fraction of sp³-hybridized carbons (Fsp3) is 0.107. The fourth-order valence-corrected chi connectivity index (χ4v) is 4.60. The fourth-order valence-electron chi connectivity index (χ4n) is 3.67. The highest BCUT2D eigenvalue weighted by Gasteiger charge is 2.17. The van der Waals surface area contributed by atoms with E-state index >= 15 is 0 Å². The van der Waals surface area contributed by atoms with Crippen LogP contribution < -0.4 is 5.32 Å². The van der Waals surface area contributed by atoms with Crippen molar-refractivity contribution in [1.82, 2.24) is 4.98 Å². The molecule has 1 heterocycles. The minimum absolute atomic E-state index is 0.133. The van der Waals surface area contributed by atoms with Gasteiger partial charge in [-0.15, -0.1) is 0 Å². The molecule has 0 atom stereocenters. The van der Waals surface area contributed by atoms with Crippen molar-refractivity contribution in [2.75, 3.05) is 11.1 Å². The van der Waals surface area contributed by atoms with E-state index in [1.807, 2.05) is 80.6 Å². The van der Waals surface area contributed by atoms with Crippen LogP contribution in [0.15, 0.2) is 83.9 Å². The smallest absolute Gasteiger partial charge is 0.234 e. The highest BCUT2D eigenvalue weighted by atomic mass is 35.5. The molecule has 6 heteroatoms. The van der Waals surface area contributed by atoms with Gasteiger partial charge in [-0.1, -0.05) is 84.0 Å². The third-order valence-electron chi connectivity index (χ3n) is 5.41. The van der Waals surface area contributed by atoms with Gasteiger partial charge in [-0.25, -0.2) is 4.98 Å². The van der Waals surface area contributed by atoms with E-state index in [-0.39, 0.29) is 11.7 Å². The maximum atomic E-state index is 12.8. The van der Waals surface area contributed by atoms with Gasteiger partial charge in [0.25, 0.3) is 0 Å². The molecule has 0 saturated heterocycles. The standard InChI is InChI=1S/C28H22ClN3OS/c1-18-7-6-8-19(2)27(18)32-26(33)17-34-28-24(16-30)23(20-11-13-22(29)14-12-20)15-25(31-28)21-9-4-3-5-10-21/h3-15H,17H2,1-2H3,(H,32,33). The van der Waals surface area contributed by atoms with Crippen molar-refractivity contribution in [3.63, 3.8) is 0 Å². The zero-order valence-corrected chi connectivity index (χ0v) is 20.4. The topological polar surface area (TPSA) is 65.8 Å². The predicted octanol–water partition coefficient (Wildman–Crippen LogP) is 7.29. The number of para-hydroxylation sites is 1. The molecule has 0 unspecified atom stereocenters. The zero-order chi connectivity index (χ0) is 24.1. The summed E-state index contributed by atoms with van der Waals surface area (Å²) >= 11 is 7.34. The van der Waals surface area contributed by atoms with E-state index in [0.717, 1.165) is 39.2 Å². The molecule has 34 heavy (non-hydrogen) atoms. The molecule has 1 N–H and O–H groups in total. The normalized spacial score (nSPS) is 10.5. The molecular formula is C28H22ClN3OS. The lowest BCUT2D eigenvalue weighted by molar-refractivity contribution is -0.113. The Morgan fingerprint density at radius 1 is 0.971 bits per heavy atom. The van der Waals surface area contributed by atoms with E-state index in [1.165, 1.54) is 11.8 Å². The molecule has 0 aliphatic rings. The number of pyridine rings is 1. The molecule has 3 aromatic carbocycles. The number of nitrogens with zero attached hydrogens (tertiary/aromatic N) is 2. The number of rotatable bonds is 6. The number of anilines is 1. The number of halogens is 1. The van der Waals surface area contributed by atoms with Gasteiger partial charge in [0.2, 0.25) is 5.91 Å². The van der Waals surface area contributed by atoms with Crippen LogP contribution in [-0.2, 0) is 4.79 Å². The highest BCUT2D eigenvalue weighted by molar-refractivity contribution is 8.00. The van der Waals surface area contributed by atoms with Crippen LogP contribution in [-0.4, -0.2) is 16.6 Å². The van der Waals surface area contributed by atoms with Crippen LogP contribution in [0.3, 0.4) is 0 Å². The largest absolute Gasteiger partial charge is 0.325 e. The Hall–Kier alpha value is -3.59. The van der Waals surface area contributed by atoms with Gasteiger partial charge in [-0.2, -0.15) is 5.26 Å². The van der Waals surface area contributed by atoms with Gasteiger partial charge in [-0.3, -0.25) is 4.79 Å². The molecule has 4 nitrogen and oxygen atoms in total. The van der Waals surface area contributed by atoms with Crippen LogP contribution in [0.25, 0.3) is 22.4 Å². The number of aryl methyl sites for hydroxylation is 2. The van der Waals surface area contributed by atoms with Crippen LogP contribution in [0.2, 0.25) is 5.02 Å². The van der Waals surface area contributed by atoms with Gasteiger partial charge in [0, 0.05) is 21.8 Å². The molecule has 1 amide bonds. The summed E-state index contributed by atoms with van der Waals surface area (Å²) in [5.74, 6) is -0.0143. The number of nitriles is 1. The number of benzene rings is 3. The van der Waals surface area contributed by atoms with Crippen molar-refractivity contribution in [3.8, 4) is 28.5 Å². The van der Waals surface area contributed by atoms with Crippen molar-refractivity contribution in [2.24, 2.45) is 0 Å². The average Bonchev–Trinajstić information content (AvgIpc) is 2.85. The lowest BCUT2D eigenvalue weighted by atomic mass is 9.99. The Bertz CT molecular complexity index is 1360. The number of thioether (sulfide) groups is 1. The van der Waals surface area contributed by atoms with Crippen molar-refractivity contribution in [2.45, 2.75) is 18.9 Å². The zero-order valence-electron chi connectivity index (χ0n) is 18.8. The van der Waals surface area contributed by atoms with Gasteiger partial charge in [0.1, 0.15) is 11.1 Å². The lowest BCUT2D eigenvalue weighted by Gasteiger charge is -2.14. The third-order valence-corrected chi connectivity index (χ3v) is 6.64. The molecule has 4 aromatic rings. The van der Waals surface area contributed by atoms with Crippen LogP contribution in [0.4, 0.5) is 5.69 Å². The summed E-state index contributed by atoms with van der Waals surface area (Å²) in [6.07, 6.45) is 0. The van der Waals surface area contributed by atoms with E-state index in [0.29, 0.717) is 15.6 Å². The second-order valence-corrected chi connectivity index (χ2v) is 9.22. The molecule has 0 bridgehead atoms. The van der Waals surface area contributed by atoms with Crippen molar-refractivity contribution >= 4 is 35.0 Å². The molecule has 0 fully saturated rings. The molecule has 4 rings (SSSR count). The first-order valence-electron chi connectivity index (χ1n) is 10.7. The second-order valence-electron chi connectivity index (χ2n) is 7.82. The monoisotopic (exact) mass is 483 g/mol. The van der Waals surface area contributed by atoms with Crippen LogP contribution in [0, 0.1) is 25.2 Å². The van der Waals surface area contributed by atoms with Gasteiger partial charge < -0.3 is 5.32 Å². The van der Waals surface area contributed by atoms with E-state index in [1.54, 1.807) is 12.1 Å². The lowest BCUT2D eigenvalue weighted by Crippen LogP contribution is -2.16. The Balaban J connectivity index is 1.69. The predicted molar refractivity (Wildman–Crippen MR) is 140 cm³/mol. The highest BCUT2D eigenvalue weighted by Crippen LogP contribution is 2.34. The number of hydrogen-bond acceptors (Lipinski definition) is 4. The summed E-state index contributed by atoms with van der Waals surface area (Å²) in [4.78, 5) is 17.5. The van der Waals surface area contributed by atoms with Crippen molar-refractivity contribution in [3.05, 3.63) is 101 Å². The van der Waals surface area contributed by atoms with E-state index in [4.69, 9.17) is 16.6 Å². The number of aromatic nitrogens is 1. The summed E-state index contributed by atoms with van der Waals surface area (Å²) < 4.78 is 0. The van der Waals surface area contributed by atoms with E-state index in [9.17, 15) is 10.1 Å². The van der Waals surface area contributed by atoms with Gasteiger partial charge >= 0.3 is 0 Å². The number of hydrogen-bond donors (Lipinski definition) is 1. The summed E-state index contributed by atoms with van der Waals surface area (Å²) in [6, 6.07) is 27.3. The number of carbonyl (C=O) groups excluding carboxylic acids is 1. The Morgan fingerprint density at radius 2 is 1.65 bits per heavy atom. The second kappa shape index (κ2) is 10.6. The number of carbonyl (C=O) groups is 1. The number of amides is 1. The molecule has 0 saturated carbocycles. The van der Waals surface area contributed by atoms with Crippen LogP contribution in [0.5, 0.6) is 0 Å². The first-order valence-corrected chi connectivity index (χ1v) is 12.1. The molecular weight excluding hydrogens is 462 g/mol. The summed E-state index contributed by atoms with van der Waals surface area (Å²) in [5.41, 5.74) is 6.56. The van der Waals surface area contributed by atoms with Gasteiger partial charge in [0.05, 0.1) is 17.0 Å². The summed E-state index contributed by atoms with van der Waals surface area (Å²) in [5, 5.41) is 14.2. The molecule has 1 aromatic heterocycles. The van der Waals surface area contributed by atoms with E-state index in [2.05, 4.69) is 11.4 Å². The minimum Gasteiger partial charge on any atom is -0.325 e. The maximum absolute atomic E-state index is 12.8. The SMILES string of the molecule is Cc1cccc(C)c1NC(=O)CSc1nc(-c2ccccc2)cc(-c2ccc(Cl)cc2)c1C#N. The van der Waals surface area contributed by atoms with E-state index < -0.39 is 0 Å². The quantitative estimate of drug-likeness (QED) is 0.292. The first-order chi connectivity index (χ1) is 16.5. The molecule has 168 valence electrons. The first kappa shape index (κ1) is 23.6. The molecule has 0 radical (unpaired) electrons. The van der Waals surface area contributed by atoms with Crippen LogP contribution in [0.1, 0.15) is 16.7 Å². The Morgan fingerprint density at radius 3 is 2.29 bits per heavy atom. The molecule has 0 aliphatic heterocycles. The third kappa shape index (κ3) is 5.31. The van der Waals surface area contributed by atoms with Crippen molar-refractivity contribution < 1.29 is 4.79 Å². The minimum atomic E-state index is -0.147. The Labute approximate surface area is 208 Å². The molecule has 0 aliphatic carbocycles. The summed E-state index contributed by atoms with van der Waals surface area (Å²) in [6.45, 7) is 3.93. The maximum Gasteiger partial charge on any atom is 0.234 e. The van der Waals surface area contributed by atoms with Gasteiger partial charge in [-0.05, 0) is 48.7 Å². The number of nitrogens with one attached hydrogen (secondary N) is 1. The average molecular weight is 484 g/mol.